The van der Waals surface area contributed by atoms with Crippen molar-refractivity contribution in [2.24, 2.45) is 5.92 Å². The molecule has 9 heteroatoms. The third-order valence-corrected chi connectivity index (χ3v) is 4.41. The first-order valence-corrected chi connectivity index (χ1v) is 9.08. The number of piperidine rings is 1. The van der Waals surface area contributed by atoms with Crippen LogP contribution in [0.5, 0.6) is 0 Å². The molecule has 0 atom stereocenters. The van der Waals surface area contributed by atoms with E-state index in [-0.39, 0.29) is 30.2 Å². The molecule has 19 heavy (non-hydrogen) atoms. The molecule has 0 aromatic carbocycles. The lowest BCUT2D eigenvalue weighted by Gasteiger charge is -2.30. The van der Waals surface area contributed by atoms with Gasteiger partial charge in [-0.15, -0.1) is 0 Å². The molecule has 0 aromatic rings. The Morgan fingerprint density at radius 2 is 1.89 bits per heavy atom. The van der Waals surface area contributed by atoms with E-state index in [2.05, 4.69) is 8.85 Å². The maximum absolute atomic E-state index is 11.8. The Balaban J connectivity index is 2.31. The number of hydrogen-bond acceptors (Lipinski definition) is 4. The summed E-state index contributed by atoms with van der Waals surface area (Å²) in [6.45, 7) is 1.23. The highest BCUT2D eigenvalue weighted by molar-refractivity contribution is 14.1. The van der Waals surface area contributed by atoms with Gasteiger partial charge in [0.1, 0.15) is 9.84 Å². The predicted octanol–water partition coefficient (Wildman–Crippen LogP) is -0.0812. The van der Waals surface area contributed by atoms with Crippen LogP contribution in [0, 0.1) is 5.92 Å². The van der Waals surface area contributed by atoms with E-state index in [1.807, 2.05) is 0 Å². The second kappa shape index (κ2) is 7.27. The summed E-state index contributed by atoms with van der Waals surface area (Å²) in [7, 11) is -3.05. The van der Waals surface area contributed by atoms with Gasteiger partial charge in [-0.1, -0.05) is 0 Å². The Bertz CT molecular complexity index is 432. The molecule has 2 N–H and O–H groups in total. The molecule has 3 amide bonds. The van der Waals surface area contributed by atoms with Crippen LogP contribution in [0.15, 0.2) is 0 Å². The van der Waals surface area contributed by atoms with Crippen molar-refractivity contribution in [3.63, 3.8) is 0 Å². The molecule has 1 fully saturated rings. The summed E-state index contributed by atoms with van der Waals surface area (Å²) in [5.41, 5.74) is 0. The minimum Gasteiger partial charge on any atom is -0.355 e. The van der Waals surface area contributed by atoms with E-state index in [1.54, 1.807) is 27.8 Å². The SMILES string of the molecule is CS(=O)(=O)CCNC(=O)C1CCN(C(=O)NI)CC1. The molecule has 0 unspecified atom stereocenters. The fourth-order valence-electron chi connectivity index (χ4n) is 1.91. The molecule has 0 bridgehead atoms. The number of carbonyl (C=O) groups excluding carboxylic acids is 2. The number of hydrogen-bond donors (Lipinski definition) is 2. The summed E-state index contributed by atoms with van der Waals surface area (Å²) in [6, 6.07) is -0.142. The fraction of sp³-hybridized carbons (Fsp3) is 0.800. The number of likely N-dealkylation sites (tertiary alicyclic amines) is 1. The minimum absolute atomic E-state index is 0.0468. The number of amides is 3. The van der Waals surface area contributed by atoms with Crippen molar-refractivity contribution in [3.05, 3.63) is 0 Å². The van der Waals surface area contributed by atoms with Crippen LogP contribution in [0.4, 0.5) is 4.79 Å². The third kappa shape index (κ3) is 5.93. The molecular weight excluding hydrogens is 385 g/mol. The van der Waals surface area contributed by atoms with Gasteiger partial charge in [-0.3, -0.25) is 8.32 Å². The highest BCUT2D eigenvalue weighted by Gasteiger charge is 2.26. The molecule has 1 saturated heterocycles. The Morgan fingerprint density at radius 3 is 2.37 bits per heavy atom. The van der Waals surface area contributed by atoms with Crippen LogP contribution in [-0.4, -0.2) is 56.9 Å². The van der Waals surface area contributed by atoms with Crippen molar-refractivity contribution in [2.75, 3.05) is 31.6 Å². The van der Waals surface area contributed by atoms with E-state index in [0.29, 0.717) is 25.9 Å². The number of carbonyl (C=O) groups is 2. The van der Waals surface area contributed by atoms with Crippen LogP contribution in [0.2, 0.25) is 0 Å². The Hall–Kier alpha value is -0.580. The zero-order chi connectivity index (χ0) is 14.5. The van der Waals surface area contributed by atoms with Crippen molar-refractivity contribution in [2.45, 2.75) is 12.8 Å². The third-order valence-electron chi connectivity index (χ3n) is 3.01. The van der Waals surface area contributed by atoms with Crippen molar-refractivity contribution in [1.29, 1.82) is 0 Å². The maximum atomic E-state index is 11.8. The summed E-state index contributed by atoms with van der Waals surface area (Å²) >= 11 is 1.78. The van der Waals surface area contributed by atoms with E-state index in [9.17, 15) is 18.0 Å². The van der Waals surface area contributed by atoms with E-state index >= 15 is 0 Å². The molecule has 0 spiro atoms. The Labute approximate surface area is 126 Å². The molecular formula is C10H18IN3O4S. The highest BCUT2D eigenvalue weighted by atomic mass is 127. The zero-order valence-corrected chi connectivity index (χ0v) is 13.7. The van der Waals surface area contributed by atoms with Crippen molar-refractivity contribution in [1.82, 2.24) is 13.7 Å². The van der Waals surface area contributed by atoms with Crippen LogP contribution in [0.3, 0.4) is 0 Å². The van der Waals surface area contributed by atoms with Crippen LogP contribution >= 0.6 is 22.9 Å². The van der Waals surface area contributed by atoms with Gasteiger partial charge in [-0.05, 0) is 12.8 Å². The largest absolute Gasteiger partial charge is 0.355 e. The quantitative estimate of drug-likeness (QED) is 0.507. The summed E-state index contributed by atoms with van der Waals surface area (Å²) < 4.78 is 24.4. The van der Waals surface area contributed by atoms with Gasteiger partial charge >= 0.3 is 6.03 Å². The van der Waals surface area contributed by atoms with Gasteiger partial charge in [0.2, 0.25) is 5.91 Å². The van der Waals surface area contributed by atoms with Crippen LogP contribution < -0.4 is 8.85 Å². The van der Waals surface area contributed by atoms with Gasteiger partial charge in [0.15, 0.2) is 0 Å². The van der Waals surface area contributed by atoms with Crippen molar-refractivity contribution in [3.8, 4) is 0 Å². The van der Waals surface area contributed by atoms with Crippen LogP contribution in [0.1, 0.15) is 12.8 Å². The minimum atomic E-state index is -3.05. The standard InChI is InChI=1S/C10H18IN3O4S/c1-19(17,18)7-4-12-9(15)8-2-5-14(6-3-8)10(16)13-11/h8H,2-7H2,1H3,(H,12,15)(H,13,16). The molecule has 0 radical (unpaired) electrons. The predicted molar refractivity (Wildman–Crippen MR) is 79.6 cm³/mol. The molecule has 1 aliphatic heterocycles. The molecule has 110 valence electrons. The Morgan fingerprint density at radius 1 is 1.32 bits per heavy atom. The second-order valence-electron chi connectivity index (χ2n) is 4.58. The molecule has 1 aliphatic rings. The maximum Gasteiger partial charge on any atom is 0.326 e. The topological polar surface area (TPSA) is 95.6 Å². The summed E-state index contributed by atoms with van der Waals surface area (Å²) in [5, 5.41) is 2.63. The average Bonchev–Trinajstić information content (AvgIpc) is 2.36. The number of nitrogens with one attached hydrogen (secondary N) is 2. The van der Waals surface area contributed by atoms with Gasteiger partial charge < -0.3 is 10.2 Å². The molecule has 0 aromatic heterocycles. The van der Waals surface area contributed by atoms with Gasteiger partial charge in [-0.25, -0.2) is 13.2 Å². The van der Waals surface area contributed by atoms with Gasteiger partial charge in [0, 0.05) is 31.8 Å². The van der Waals surface area contributed by atoms with Crippen molar-refractivity contribution < 1.29 is 18.0 Å². The first-order valence-electron chi connectivity index (χ1n) is 5.94. The zero-order valence-electron chi connectivity index (χ0n) is 10.7. The number of urea groups is 1. The summed E-state index contributed by atoms with van der Waals surface area (Å²) in [4.78, 5) is 24.8. The van der Waals surface area contributed by atoms with Gasteiger partial charge in [-0.2, -0.15) is 0 Å². The average molecular weight is 403 g/mol. The number of nitrogens with zero attached hydrogens (tertiary/aromatic N) is 1. The lowest BCUT2D eigenvalue weighted by molar-refractivity contribution is -0.126. The fourth-order valence-corrected chi connectivity index (χ4v) is 2.72. The number of rotatable bonds is 4. The van der Waals surface area contributed by atoms with Crippen LogP contribution in [-0.2, 0) is 14.6 Å². The Kier molecular flexibility index (Phi) is 6.30. The summed E-state index contributed by atoms with van der Waals surface area (Å²) in [5.74, 6) is -0.314. The monoisotopic (exact) mass is 403 g/mol. The van der Waals surface area contributed by atoms with Crippen LogP contribution in [0.25, 0.3) is 0 Å². The molecule has 0 saturated carbocycles. The highest BCUT2D eigenvalue weighted by Crippen LogP contribution is 2.17. The lowest BCUT2D eigenvalue weighted by Crippen LogP contribution is -2.45. The number of halogens is 1. The first-order chi connectivity index (χ1) is 8.83. The molecule has 7 nitrogen and oxygen atoms in total. The second-order valence-corrected chi connectivity index (χ2v) is 7.38. The lowest BCUT2D eigenvalue weighted by atomic mass is 9.96. The van der Waals surface area contributed by atoms with E-state index in [0.717, 1.165) is 6.26 Å². The number of sulfone groups is 1. The van der Waals surface area contributed by atoms with E-state index in [4.69, 9.17) is 0 Å². The van der Waals surface area contributed by atoms with Gasteiger partial charge in [0.25, 0.3) is 0 Å². The van der Waals surface area contributed by atoms with Gasteiger partial charge in [0.05, 0.1) is 28.6 Å². The van der Waals surface area contributed by atoms with Crippen molar-refractivity contribution >= 4 is 44.6 Å². The summed E-state index contributed by atoms with van der Waals surface area (Å²) in [6.07, 6.45) is 2.35. The smallest absolute Gasteiger partial charge is 0.326 e. The normalized spacial score (nSPS) is 17.1. The first kappa shape index (κ1) is 16.5. The van der Waals surface area contributed by atoms with E-state index < -0.39 is 9.84 Å². The molecule has 1 heterocycles. The molecule has 0 aliphatic carbocycles. The van der Waals surface area contributed by atoms with E-state index in [1.165, 1.54) is 0 Å². The molecule has 1 rings (SSSR count).